The zero-order valence-electron chi connectivity index (χ0n) is 13.1. The molecule has 0 aliphatic heterocycles. The van der Waals surface area contributed by atoms with E-state index in [1.807, 2.05) is 18.2 Å². The van der Waals surface area contributed by atoms with Crippen LogP contribution in [0.5, 0.6) is 11.5 Å². The lowest BCUT2D eigenvalue weighted by Gasteiger charge is -2.12. The van der Waals surface area contributed by atoms with Gasteiger partial charge in [0.05, 0.1) is 18.7 Å². The maximum Gasteiger partial charge on any atom is 0.161 e. The SMILES string of the molecule is COc1cccc(OCCNc2cc(C#N)ccc2C(C)=O)c1. The molecule has 118 valence electrons. The second kappa shape index (κ2) is 7.85. The third kappa shape index (κ3) is 4.48. The van der Waals surface area contributed by atoms with Gasteiger partial charge in [-0.1, -0.05) is 6.07 Å². The van der Waals surface area contributed by atoms with Crippen molar-refractivity contribution in [3.05, 3.63) is 53.6 Å². The van der Waals surface area contributed by atoms with Crippen LogP contribution < -0.4 is 14.8 Å². The fourth-order valence-corrected chi connectivity index (χ4v) is 2.11. The Morgan fingerprint density at radius 1 is 1.22 bits per heavy atom. The Morgan fingerprint density at radius 3 is 2.70 bits per heavy atom. The predicted octanol–water partition coefficient (Wildman–Crippen LogP) is 3.26. The lowest BCUT2D eigenvalue weighted by atomic mass is 10.1. The molecule has 5 heteroatoms. The van der Waals surface area contributed by atoms with Crippen molar-refractivity contribution in [2.45, 2.75) is 6.92 Å². The highest BCUT2D eigenvalue weighted by molar-refractivity contribution is 5.99. The second-order valence-corrected chi connectivity index (χ2v) is 4.88. The molecule has 2 aromatic carbocycles. The highest BCUT2D eigenvalue weighted by atomic mass is 16.5. The molecule has 2 rings (SSSR count). The van der Waals surface area contributed by atoms with Crippen LogP contribution in [0.3, 0.4) is 0 Å². The van der Waals surface area contributed by atoms with Gasteiger partial charge >= 0.3 is 0 Å². The van der Waals surface area contributed by atoms with E-state index in [1.54, 1.807) is 31.4 Å². The largest absolute Gasteiger partial charge is 0.497 e. The van der Waals surface area contributed by atoms with Gasteiger partial charge in [-0.05, 0) is 37.3 Å². The summed E-state index contributed by atoms with van der Waals surface area (Å²) in [6.45, 7) is 2.42. The number of anilines is 1. The van der Waals surface area contributed by atoms with Crippen molar-refractivity contribution in [1.82, 2.24) is 0 Å². The molecular weight excluding hydrogens is 292 g/mol. The highest BCUT2D eigenvalue weighted by Gasteiger charge is 2.08. The van der Waals surface area contributed by atoms with Crippen LogP contribution >= 0.6 is 0 Å². The Balaban J connectivity index is 1.95. The Kier molecular flexibility index (Phi) is 5.59. The Hall–Kier alpha value is -3.00. The van der Waals surface area contributed by atoms with Crippen LogP contribution in [0.4, 0.5) is 5.69 Å². The fraction of sp³-hybridized carbons (Fsp3) is 0.222. The van der Waals surface area contributed by atoms with Crippen LogP contribution in [-0.4, -0.2) is 26.0 Å². The van der Waals surface area contributed by atoms with Gasteiger partial charge in [-0.25, -0.2) is 0 Å². The first kappa shape index (κ1) is 16.4. The van der Waals surface area contributed by atoms with Crippen molar-refractivity contribution < 1.29 is 14.3 Å². The van der Waals surface area contributed by atoms with E-state index in [2.05, 4.69) is 11.4 Å². The van der Waals surface area contributed by atoms with Gasteiger partial charge in [0, 0.05) is 23.9 Å². The van der Waals surface area contributed by atoms with Crippen molar-refractivity contribution in [2.75, 3.05) is 25.6 Å². The maximum absolute atomic E-state index is 11.6. The number of ether oxygens (including phenoxy) is 2. The van der Waals surface area contributed by atoms with Gasteiger partial charge in [0.1, 0.15) is 18.1 Å². The summed E-state index contributed by atoms with van der Waals surface area (Å²) in [6.07, 6.45) is 0. The number of hydrogen-bond acceptors (Lipinski definition) is 5. The molecule has 0 spiro atoms. The molecule has 0 saturated carbocycles. The fourth-order valence-electron chi connectivity index (χ4n) is 2.11. The number of methoxy groups -OCH3 is 1. The van der Waals surface area contributed by atoms with Crippen LogP contribution in [0.2, 0.25) is 0 Å². The summed E-state index contributed by atoms with van der Waals surface area (Å²) in [7, 11) is 1.60. The number of carbonyl (C=O) groups is 1. The molecule has 0 unspecified atom stereocenters. The van der Waals surface area contributed by atoms with E-state index in [4.69, 9.17) is 14.7 Å². The number of nitrogens with zero attached hydrogens (tertiary/aromatic N) is 1. The van der Waals surface area contributed by atoms with E-state index in [0.29, 0.717) is 35.7 Å². The van der Waals surface area contributed by atoms with E-state index >= 15 is 0 Å². The van der Waals surface area contributed by atoms with Crippen molar-refractivity contribution in [3.63, 3.8) is 0 Å². The molecule has 0 aliphatic rings. The number of Topliss-reactive ketones (excluding diaryl/α,β-unsaturated/α-hetero) is 1. The first-order valence-corrected chi connectivity index (χ1v) is 7.20. The summed E-state index contributed by atoms with van der Waals surface area (Å²) < 4.78 is 10.8. The maximum atomic E-state index is 11.6. The average Bonchev–Trinajstić information content (AvgIpc) is 2.58. The molecular formula is C18H18N2O3. The molecule has 0 atom stereocenters. The normalized spacial score (nSPS) is 9.78. The summed E-state index contributed by atoms with van der Waals surface area (Å²) in [6, 6.07) is 14.4. The smallest absolute Gasteiger partial charge is 0.161 e. The number of hydrogen-bond donors (Lipinski definition) is 1. The molecule has 0 bridgehead atoms. The van der Waals surface area contributed by atoms with Crippen molar-refractivity contribution in [1.29, 1.82) is 5.26 Å². The molecule has 0 aliphatic carbocycles. The van der Waals surface area contributed by atoms with E-state index in [9.17, 15) is 4.79 Å². The van der Waals surface area contributed by atoms with Gasteiger partial charge in [-0.15, -0.1) is 0 Å². The third-order valence-electron chi connectivity index (χ3n) is 3.26. The van der Waals surface area contributed by atoms with Gasteiger partial charge < -0.3 is 14.8 Å². The predicted molar refractivity (Wildman–Crippen MR) is 88.1 cm³/mol. The number of nitrogens with one attached hydrogen (secondary N) is 1. The molecule has 0 saturated heterocycles. The topological polar surface area (TPSA) is 71.3 Å². The zero-order valence-corrected chi connectivity index (χ0v) is 13.1. The zero-order chi connectivity index (χ0) is 16.7. The average molecular weight is 310 g/mol. The van der Waals surface area contributed by atoms with Crippen molar-refractivity contribution >= 4 is 11.5 Å². The van der Waals surface area contributed by atoms with Gasteiger partial charge in [0.15, 0.2) is 5.78 Å². The van der Waals surface area contributed by atoms with E-state index in [1.165, 1.54) is 6.92 Å². The number of rotatable bonds is 7. The van der Waals surface area contributed by atoms with E-state index < -0.39 is 0 Å². The van der Waals surface area contributed by atoms with E-state index in [0.717, 1.165) is 5.75 Å². The lowest BCUT2D eigenvalue weighted by Crippen LogP contribution is -2.13. The van der Waals surface area contributed by atoms with Crippen LogP contribution in [0.1, 0.15) is 22.8 Å². The quantitative estimate of drug-likeness (QED) is 0.628. The summed E-state index contributed by atoms with van der Waals surface area (Å²) in [5.41, 5.74) is 1.71. The van der Waals surface area contributed by atoms with E-state index in [-0.39, 0.29) is 5.78 Å². The minimum atomic E-state index is -0.0503. The summed E-state index contributed by atoms with van der Waals surface area (Å²) in [5, 5.41) is 12.1. The van der Waals surface area contributed by atoms with Crippen LogP contribution in [0, 0.1) is 11.3 Å². The highest BCUT2D eigenvalue weighted by Crippen LogP contribution is 2.20. The van der Waals surface area contributed by atoms with Gasteiger partial charge in [0.25, 0.3) is 0 Å². The van der Waals surface area contributed by atoms with Crippen LogP contribution in [-0.2, 0) is 0 Å². The molecule has 0 aromatic heterocycles. The van der Waals surface area contributed by atoms with Crippen LogP contribution in [0.25, 0.3) is 0 Å². The molecule has 0 amide bonds. The molecule has 5 nitrogen and oxygen atoms in total. The first-order chi connectivity index (χ1) is 11.1. The summed E-state index contributed by atoms with van der Waals surface area (Å²) in [5.74, 6) is 1.39. The molecule has 0 fully saturated rings. The molecule has 0 heterocycles. The number of carbonyl (C=O) groups excluding carboxylic acids is 1. The molecule has 0 radical (unpaired) electrons. The number of nitriles is 1. The molecule has 2 aromatic rings. The Morgan fingerprint density at radius 2 is 2.00 bits per heavy atom. The van der Waals surface area contributed by atoms with Gasteiger partial charge in [0.2, 0.25) is 0 Å². The minimum Gasteiger partial charge on any atom is -0.497 e. The third-order valence-corrected chi connectivity index (χ3v) is 3.26. The summed E-state index contributed by atoms with van der Waals surface area (Å²) in [4.78, 5) is 11.6. The van der Waals surface area contributed by atoms with Gasteiger partial charge in [-0.2, -0.15) is 5.26 Å². The lowest BCUT2D eigenvalue weighted by molar-refractivity contribution is 0.101. The standard InChI is InChI=1S/C18H18N2O3/c1-13(21)17-7-6-14(12-19)10-18(17)20-8-9-23-16-5-3-4-15(11-16)22-2/h3-7,10-11,20H,8-9H2,1-2H3. The Labute approximate surface area is 135 Å². The minimum absolute atomic E-state index is 0.0503. The number of ketones is 1. The number of benzene rings is 2. The van der Waals surface area contributed by atoms with Crippen LogP contribution in [0.15, 0.2) is 42.5 Å². The molecule has 23 heavy (non-hydrogen) atoms. The summed E-state index contributed by atoms with van der Waals surface area (Å²) >= 11 is 0. The van der Waals surface area contributed by atoms with Crippen molar-refractivity contribution in [3.8, 4) is 17.6 Å². The first-order valence-electron chi connectivity index (χ1n) is 7.20. The monoisotopic (exact) mass is 310 g/mol. The second-order valence-electron chi connectivity index (χ2n) is 4.88. The molecule has 1 N–H and O–H groups in total. The van der Waals surface area contributed by atoms with Crippen molar-refractivity contribution in [2.24, 2.45) is 0 Å². The van der Waals surface area contributed by atoms with Gasteiger partial charge in [-0.3, -0.25) is 4.79 Å². The Bertz CT molecular complexity index is 735.